The van der Waals surface area contributed by atoms with E-state index in [9.17, 15) is 4.79 Å². The van der Waals surface area contributed by atoms with Crippen molar-refractivity contribution in [3.63, 3.8) is 0 Å². The SMILES string of the molecule is CNC(=O)c1cc(-c2cnc3ccc(N(CCNC(C)C)c4cc(OC)cc(OC)c4)cc3n2)ccn1. The molecule has 2 heterocycles. The Labute approximate surface area is 216 Å². The highest BCUT2D eigenvalue weighted by Crippen LogP contribution is 2.34. The van der Waals surface area contributed by atoms with Gasteiger partial charge in [0, 0.05) is 67.5 Å². The number of pyridine rings is 1. The molecule has 0 aliphatic heterocycles. The Morgan fingerprint density at radius 3 is 2.38 bits per heavy atom. The molecular weight excluding hydrogens is 468 g/mol. The lowest BCUT2D eigenvalue weighted by Gasteiger charge is -2.27. The molecule has 0 aliphatic carbocycles. The van der Waals surface area contributed by atoms with E-state index in [1.54, 1.807) is 39.7 Å². The molecule has 0 atom stereocenters. The number of hydrogen-bond acceptors (Lipinski definition) is 8. The van der Waals surface area contributed by atoms with Crippen LogP contribution in [0.2, 0.25) is 0 Å². The molecule has 1 amide bonds. The van der Waals surface area contributed by atoms with E-state index in [0.717, 1.165) is 34.5 Å². The van der Waals surface area contributed by atoms with Crippen LogP contribution in [0.25, 0.3) is 22.3 Å². The van der Waals surface area contributed by atoms with E-state index in [1.807, 2.05) is 42.5 Å². The molecule has 9 nitrogen and oxygen atoms in total. The summed E-state index contributed by atoms with van der Waals surface area (Å²) in [6.07, 6.45) is 3.31. The van der Waals surface area contributed by atoms with E-state index in [4.69, 9.17) is 14.5 Å². The number of hydrogen-bond donors (Lipinski definition) is 2. The van der Waals surface area contributed by atoms with Crippen LogP contribution in [0, 0.1) is 0 Å². The van der Waals surface area contributed by atoms with E-state index in [1.165, 1.54) is 0 Å². The highest BCUT2D eigenvalue weighted by atomic mass is 16.5. The van der Waals surface area contributed by atoms with Crippen molar-refractivity contribution in [3.05, 3.63) is 66.6 Å². The van der Waals surface area contributed by atoms with Crippen molar-refractivity contribution in [2.45, 2.75) is 19.9 Å². The van der Waals surface area contributed by atoms with Crippen LogP contribution in [-0.2, 0) is 0 Å². The highest BCUT2D eigenvalue weighted by Gasteiger charge is 2.15. The maximum atomic E-state index is 12.0. The Morgan fingerprint density at radius 2 is 1.70 bits per heavy atom. The molecule has 2 aromatic heterocycles. The molecule has 192 valence electrons. The van der Waals surface area contributed by atoms with E-state index >= 15 is 0 Å². The van der Waals surface area contributed by atoms with Crippen molar-refractivity contribution in [3.8, 4) is 22.8 Å². The number of nitrogens with one attached hydrogen (secondary N) is 2. The minimum atomic E-state index is -0.253. The smallest absolute Gasteiger partial charge is 0.269 e. The van der Waals surface area contributed by atoms with Crippen LogP contribution < -0.4 is 25.0 Å². The fraction of sp³-hybridized carbons (Fsp3) is 0.286. The van der Waals surface area contributed by atoms with Crippen LogP contribution >= 0.6 is 0 Å². The van der Waals surface area contributed by atoms with Gasteiger partial charge in [-0.3, -0.25) is 14.8 Å². The summed E-state index contributed by atoms with van der Waals surface area (Å²) in [5.74, 6) is 1.17. The fourth-order valence-corrected chi connectivity index (χ4v) is 3.97. The highest BCUT2D eigenvalue weighted by molar-refractivity contribution is 5.93. The van der Waals surface area contributed by atoms with Crippen molar-refractivity contribution in [1.82, 2.24) is 25.6 Å². The second kappa shape index (κ2) is 11.7. The average Bonchev–Trinajstić information content (AvgIpc) is 2.93. The molecule has 0 radical (unpaired) electrons. The molecule has 0 bridgehead atoms. The van der Waals surface area contributed by atoms with E-state index in [-0.39, 0.29) is 5.91 Å². The minimum absolute atomic E-state index is 0.253. The number of carbonyl (C=O) groups is 1. The molecule has 0 saturated heterocycles. The van der Waals surface area contributed by atoms with Gasteiger partial charge in [-0.1, -0.05) is 13.8 Å². The van der Waals surface area contributed by atoms with Gasteiger partial charge in [-0.05, 0) is 30.3 Å². The molecule has 0 aliphatic rings. The Kier molecular flexibility index (Phi) is 8.15. The van der Waals surface area contributed by atoms with Crippen LogP contribution in [0.1, 0.15) is 24.3 Å². The Morgan fingerprint density at radius 1 is 0.946 bits per heavy atom. The zero-order chi connectivity index (χ0) is 26.4. The summed E-state index contributed by atoms with van der Waals surface area (Å²) < 4.78 is 11.0. The molecule has 2 aromatic carbocycles. The second-order valence-electron chi connectivity index (χ2n) is 8.77. The number of anilines is 2. The van der Waals surface area contributed by atoms with E-state index < -0.39 is 0 Å². The summed E-state index contributed by atoms with van der Waals surface area (Å²) in [6, 6.07) is 15.7. The maximum Gasteiger partial charge on any atom is 0.269 e. The molecule has 2 N–H and O–H groups in total. The Hall–Kier alpha value is -4.24. The lowest BCUT2D eigenvalue weighted by molar-refractivity contribution is 0.0958. The van der Waals surface area contributed by atoms with Crippen LogP contribution in [-0.4, -0.2) is 61.3 Å². The van der Waals surface area contributed by atoms with Crippen molar-refractivity contribution in [1.29, 1.82) is 0 Å². The van der Waals surface area contributed by atoms with Crippen molar-refractivity contribution in [2.75, 3.05) is 39.3 Å². The van der Waals surface area contributed by atoms with Crippen molar-refractivity contribution >= 4 is 28.3 Å². The number of fused-ring (bicyclic) bond motifs is 1. The van der Waals surface area contributed by atoms with E-state index in [2.05, 4.69) is 39.3 Å². The van der Waals surface area contributed by atoms with Gasteiger partial charge in [-0.25, -0.2) is 4.98 Å². The first-order valence-corrected chi connectivity index (χ1v) is 12.1. The van der Waals surface area contributed by atoms with Crippen molar-refractivity contribution < 1.29 is 14.3 Å². The van der Waals surface area contributed by atoms with Gasteiger partial charge in [-0.2, -0.15) is 0 Å². The molecule has 0 saturated carbocycles. The summed E-state index contributed by atoms with van der Waals surface area (Å²) in [6.45, 7) is 5.74. The molecule has 0 unspecified atom stereocenters. The third kappa shape index (κ3) is 6.13. The standard InChI is InChI=1S/C28H32N6O3/c1-18(2)30-10-11-34(21-13-22(36-4)16-23(14-21)37-5)20-6-7-24-25(15-20)33-27(17-32-24)19-8-9-31-26(12-19)28(35)29-3/h6-9,12-18,30H,10-11H2,1-5H3,(H,29,35). The van der Waals surface area contributed by atoms with Crippen LogP contribution in [0.5, 0.6) is 11.5 Å². The number of amides is 1. The van der Waals surface area contributed by atoms with Crippen LogP contribution in [0.15, 0.2) is 60.9 Å². The third-order valence-corrected chi connectivity index (χ3v) is 5.89. The van der Waals surface area contributed by atoms with Gasteiger partial charge in [-0.15, -0.1) is 0 Å². The lowest BCUT2D eigenvalue weighted by atomic mass is 10.1. The first kappa shape index (κ1) is 25.8. The van der Waals surface area contributed by atoms with Gasteiger partial charge in [0.1, 0.15) is 17.2 Å². The number of rotatable bonds is 10. The first-order chi connectivity index (χ1) is 17.9. The molecular formula is C28H32N6O3. The summed E-state index contributed by atoms with van der Waals surface area (Å²) >= 11 is 0. The van der Waals surface area contributed by atoms with Crippen LogP contribution in [0.3, 0.4) is 0 Å². The zero-order valence-electron chi connectivity index (χ0n) is 21.8. The number of carbonyl (C=O) groups excluding carboxylic acids is 1. The predicted molar refractivity (Wildman–Crippen MR) is 146 cm³/mol. The quantitative estimate of drug-likeness (QED) is 0.334. The molecule has 37 heavy (non-hydrogen) atoms. The lowest BCUT2D eigenvalue weighted by Crippen LogP contribution is -2.32. The third-order valence-electron chi connectivity index (χ3n) is 5.89. The van der Waals surface area contributed by atoms with Gasteiger partial charge in [0.05, 0.1) is 37.1 Å². The molecule has 9 heteroatoms. The second-order valence-corrected chi connectivity index (χ2v) is 8.77. The summed E-state index contributed by atoms with van der Waals surface area (Å²) in [7, 11) is 4.87. The largest absolute Gasteiger partial charge is 0.497 e. The van der Waals surface area contributed by atoms with Gasteiger partial charge in [0.2, 0.25) is 0 Å². The van der Waals surface area contributed by atoms with Gasteiger partial charge in [0.25, 0.3) is 5.91 Å². The fourth-order valence-electron chi connectivity index (χ4n) is 3.97. The van der Waals surface area contributed by atoms with Gasteiger partial charge < -0.3 is 25.0 Å². The Bertz CT molecular complexity index is 1370. The topological polar surface area (TPSA) is 102 Å². The molecule has 0 spiro atoms. The molecule has 4 rings (SSSR count). The number of methoxy groups -OCH3 is 2. The zero-order valence-corrected chi connectivity index (χ0v) is 21.8. The average molecular weight is 501 g/mol. The van der Waals surface area contributed by atoms with Gasteiger partial charge in [0.15, 0.2) is 0 Å². The summed E-state index contributed by atoms with van der Waals surface area (Å²) in [5, 5.41) is 6.09. The number of aromatic nitrogens is 3. The predicted octanol–water partition coefficient (Wildman–Crippen LogP) is 4.20. The monoisotopic (exact) mass is 500 g/mol. The van der Waals surface area contributed by atoms with Crippen molar-refractivity contribution in [2.24, 2.45) is 0 Å². The van der Waals surface area contributed by atoms with Crippen LogP contribution in [0.4, 0.5) is 11.4 Å². The molecule has 4 aromatic rings. The first-order valence-electron chi connectivity index (χ1n) is 12.1. The summed E-state index contributed by atoms with van der Waals surface area (Å²) in [5.41, 5.74) is 5.17. The number of benzene rings is 2. The summed E-state index contributed by atoms with van der Waals surface area (Å²) in [4.78, 5) is 27.9. The maximum absolute atomic E-state index is 12.0. The van der Waals surface area contributed by atoms with E-state index in [0.29, 0.717) is 35.5 Å². The minimum Gasteiger partial charge on any atom is -0.497 e. The normalized spacial score (nSPS) is 11.0. The number of ether oxygens (including phenoxy) is 2. The Balaban J connectivity index is 1.76. The van der Waals surface area contributed by atoms with Gasteiger partial charge >= 0.3 is 0 Å². The molecule has 0 fully saturated rings. The number of nitrogens with zero attached hydrogens (tertiary/aromatic N) is 4.